The molecule has 0 aliphatic heterocycles. The summed E-state index contributed by atoms with van der Waals surface area (Å²) in [6.45, 7) is 5.54. The van der Waals surface area contributed by atoms with Crippen molar-refractivity contribution in [1.29, 1.82) is 0 Å². The molecule has 0 aliphatic rings. The van der Waals surface area contributed by atoms with E-state index in [2.05, 4.69) is 5.32 Å². The third-order valence-corrected chi connectivity index (χ3v) is 2.52. The number of nitrogens with two attached hydrogens (primary N) is 1. The van der Waals surface area contributed by atoms with Crippen LogP contribution in [0.2, 0.25) is 0 Å². The molecule has 0 heterocycles. The maximum atomic E-state index is 11.9. The smallest absolute Gasteiger partial charge is 0.240 e. The molecular formula is C11H24N2O3. The minimum atomic E-state index is -0.838. The van der Waals surface area contributed by atoms with Crippen LogP contribution in [0.1, 0.15) is 33.6 Å². The molecule has 3 N–H and O–H groups in total. The summed E-state index contributed by atoms with van der Waals surface area (Å²) in [6.07, 6.45) is 1.06. The molecule has 96 valence electrons. The molecule has 2 atom stereocenters. The van der Waals surface area contributed by atoms with Gasteiger partial charge < -0.3 is 20.5 Å². The van der Waals surface area contributed by atoms with Crippen LogP contribution in [-0.2, 0) is 14.3 Å². The Morgan fingerprint density at radius 1 is 1.44 bits per heavy atom. The van der Waals surface area contributed by atoms with Gasteiger partial charge in [-0.25, -0.2) is 0 Å². The first kappa shape index (κ1) is 15.3. The Hall–Kier alpha value is -0.650. The zero-order valence-electron chi connectivity index (χ0n) is 10.9. The average Bonchev–Trinajstić information content (AvgIpc) is 2.19. The van der Waals surface area contributed by atoms with Crippen LogP contribution in [-0.4, -0.2) is 38.0 Å². The van der Waals surface area contributed by atoms with E-state index in [1.165, 1.54) is 14.2 Å². The van der Waals surface area contributed by atoms with Gasteiger partial charge in [-0.2, -0.15) is 0 Å². The number of carbonyl (C=O) groups is 1. The van der Waals surface area contributed by atoms with Crippen molar-refractivity contribution < 1.29 is 14.3 Å². The molecule has 0 rings (SSSR count). The predicted octanol–water partition coefficient (Wildman–Crippen LogP) is 0.628. The van der Waals surface area contributed by atoms with Gasteiger partial charge >= 0.3 is 0 Å². The normalized spacial score (nSPS) is 16.9. The third-order valence-electron chi connectivity index (χ3n) is 2.52. The first-order valence-electron chi connectivity index (χ1n) is 5.54. The maximum Gasteiger partial charge on any atom is 0.240 e. The van der Waals surface area contributed by atoms with Crippen molar-refractivity contribution in [1.82, 2.24) is 5.32 Å². The van der Waals surface area contributed by atoms with Crippen LogP contribution in [0.3, 0.4) is 0 Å². The molecule has 0 radical (unpaired) electrons. The van der Waals surface area contributed by atoms with E-state index in [4.69, 9.17) is 15.2 Å². The van der Waals surface area contributed by atoms with Crippen molar-refractivity contribution in [3.8, 4) is 0 Å². The van der Waals surface area contributed by atoms with Gasteiger partial charge in [-0.3, -0.25) is 4.79 Å². The van der Waals surface area contributed by atoms with E-state index < -0.39 is 11.8 Å². The molecule has 16 heavy (non-hydrogen) atoms. The first-order valence-corrected chi connectivity index (χ1v) is 5.54. The molecule has 1 amide bonds. The molecule has 0 aromatic carbocycles. The summed E-state index contributed by atoms with van der Waals surface area (Å²) < 4.78 is 10.1. The molecule has 0 aromatic rings. The standard InChI is InChI=1S/C11H24N2O3/c1-6-7-11(3,12)10(14)13-8(2)9(15-4)16-5/h8-9H,6-7,12H2,1-5H3,(H,13,14). The number of hydrogen-bond donors (Lipinski definition) is 2. The molecule has 0 saturated carbocycles. The summed E-state index contributed by atoms with van der Waals surface area (Å²) in [5.41, 5.74) is 5.07. The lowest BCUT2D eigenvalue weighted by molar-refractivity contribution is -0.139. The van der Waals surface area contributed by atoms with Crippen molar-refractivity contribution >= 4 is 5.91 Å². The van der Waals surface area contributed by atoms with Gasteiger partial charge in [0.1, 0.15) is 0 Å². The van der Waals surface area contributed by atoms with Gasteiger partial charge in [0, 0.05) is 14.2 Å². The van der Waals surface area contributed by atoms with Gasteiger partial charge in [-0.1, -0.05) is 13.3 Å². The van der Waals surface area contributed by atoms with Crippen LogP contribution < -0.4 is 11.1 Å². The van der Waals surface area contributed by atoms with Gasteiger partial charge in [0.2, 0.25) is 5.91 Å². The Morgan fingerprint density at radius 3 is 2.31 bits per heavy atom. The highest BCUT2D eigenvalue weighted by Gasteiger charge is 2.29. The molecule has 0 bridgehead atoms. The molecule has 0 saturated heterocycles. The van der Waals surface area contributed by atoms with Crippen LogP contribution in [0.5, 0.6) is 0 Å². The number of carbonyl (C=O) groups excluding carboxylic acids is 1. The highest BCUT2D eigenvalue weighted by Crippen LogP contribution is 2.09. The quantitative estimate of drug-likeness (QED) is 0.631. The summed E-state index contributed by atoms with van der Waals surface area (Å²) in [4.78, 5) is 11.9. The molecule has 0 aliphatic carbocycles. The summed E-state index contributed by atoms with van der Waals surface area (Å²) >= 11 is 0. The second-order valence-corrected chi connectivity index (χ2v) is 4.27. The van der Waals surface area contributed by atoms with E-state index >= 15 is 0 Å². The Kier molecular flexibility index (Phi) is 6.55. The van der Waals surface area contributed by atoms with Crippen LogP contribution in [0, 0.1) is 0 Å². The molecule has 5 heteroatoms. The van der Waals surface area contributed by atoms with Crippen molar-refractivity contribution in [3.63, 3.8) is 0 Å². The minimum absolute atomic E-state index is 0.180. The number of rotatable bonds is 7. The number of methoxy groups -OCH3 is 2. The Morgan fingerprint density at radius 2 is 1.94 bits per heavy atom. The number of hydrogen-bond acceptors (Lipinski definition) is 4. The monoisotopic (exact) mass is 232 g/mol. The van der Waals surface area contributed by atoms with Crippen LogP contribution >= 0.6 is 0 Å². The van der Waals surface area contributed by atoms with Crippen molar-refractivity contribution in [2.75, 3.05) is 14.2 Å². The van der Waals surface area contributed by atoms with Gasteiger partial charge in [0.15, 0.2) is 6.29 Å². The fourth-order valence-corrected chi connectivity index (χ4v) is 1.58. The summed E-state index contributed by atoms with van der Waals surface area (Å²) in [6, 6.07) is -0.234. The first-order chi connectivity index (χ1) is 7.38. The molecule has 0 spiro atoms. The summed E-state index contributed by atoms with van der Waals surface area (Å²) in [5.74, 6) is -0.180. The maximum absolute atomic E-state index is 11.9. The summed E-state index contributed by atoms with van der Waals surface area (Å²) in [5, 5.41) is 2.79. The van der Waals surface area contributed by atoms with E-state index in [-0.39, 0.29) is 11.9 Å². The SMILES string of the molecule is CCCC(C)(N)C(=O)NC(C)C(OC)OC. The van der Waals surface area contributed by atoms with Gasteiger partial charge in [-0.15, -0.1) is 0 Å². The molecule has 5 nitrogen and oxygen atoms in total. The van der Waals surface area contributed by atoms with E-state index in [1.807, 2.05) is 13.8 Å². The van der Waals surface area contributed by atoms with Crippen molar-refractivity contribution in [2.24, 2.45) is 5.73 Å². The van der Waals surface area contributed by atoms with Crippen molar-refractivity contribution in [2.45, 2.75) is 51.5 Å². The zero-order chi connectivity index (χ0) is 12.8. The zero-order valence-corrected chi connectivity index (χ0v) is 10.9. The lowest BCUT2D eigenvalue weighted by Gasteiger charge is -2.28. The number of ether oxygens (including phenoxy) is 2. The predicted molar refractivity (Wildman–Crippen MR) is 62.9 cm³/mol. The van der Waals surface area contributed by atoms with Crippen LogP contribution in [0.4, 0.5) is 0 Å². The average molecular weight is 232 g/mol. The van der Waals surface area contributed by atoms with Crippen LogP contribution in [0.25, 0.3) is 0 Å². The van der Waals surface area contributed by atoms with Gasteiger partial charge in [0.05, 0.1) is 11.6 Å². The molecular weight excluding hydrogens is 208 g/mol. The molecule has 2 unspecified atom stereocenters. The highest BCUT2D eigenvalue weighted by atomic mass is 16.7. The second kappa shape index (κ2) is 6.83. The molecule has 0 aromatic heterocycles. The third kappa shape index (κ3) is 4.47. The number of nitrogens with one attached hydrogen (secondary N) is 1. The summed E-state index contributed by atoms with van der Waals surface area (Å²) in [7, 11) is 3.06. The highest BCUT2D eigenvalue weighted by molar-refractivity contribution is 5.85. The van der Waals surface area contributed by atoms with Gasteiger partial charge in [0.25, 0.3) is 0 Å². The van der Waals surface area contributed by atoms with Crippen molar-refractivity contribution in [3.05, 3.63) is 0 Å². The Labute approximate surface area is 97.7 Å². The van der Waals surface area contributed by atoms with E-state index in [9.17, 15) is 4.79 Å². The Bertz CT molecular complexity index is 215. The lowest BCUT2D eigenvalue weighted by atomic mass is 9.96. The van der Waals surface area contributed by atoms with E-state index in [1.54, 1.807) is 6.92 Å². The fourth-order valence-electron chi connectivity index (χ4n) is 1.58. The van der Waals surface area contributed by atoms with Crippen LogP contribution in [0.15, 0.2) is 0 Å². The second-order valence-electron chi connectivity index (χ2n) is 4.27. The fraction of sp³-hybridized carbons (Fsp3) is 0.909. The van der Waals surface area contributed by atoms with E-state index in [0.717, 1.165) is 6.42 Å². The minimum Gasteiger partial charge on any atom is -0.354 e. The Balaban J connectivity index is 4.32. The molecule has 0 fully saturated rings. The topological polar surface area (TPSA) is 73.6 Å². The van der Waals surface area contributed by atoms with E-state index in [0.29, 0.717) is 6.42 Å². The lowest BCUT2D eigenvalue weighted by Crippen LogP contribution is -2.56. The largest absolute Gasteiger partial charge is 0.354 e. The van der Waals surface area contributed by atoms with Gasteiger partial charge in [-0.05, 0) is 20.3 Å². The number of amides is 1.